The third-order valence-corrected chi connectivity index (χ3v) is 2.55. The van der Waals surface area contributed by atoms with Gasteiger partial charge in [0.05, 0.1) is 11.4 Å². The van der Waals surface area contributed by atoms with Crippen LogP contribution in [0, 0.1) is 11.6 Å². The maximum Gasteiger partial charge on any atom is 0.125 e. The standard InChI is InChI=1S/C13H12F2N2/c1-17(11-4-2-3-9(14)7-11)13-6-5-10(15)8-12(13)16/h2-8H,16H2,1H3. The lowest BCUT2D eigenvalue weighted by molar-refractivity contribution is 0.627. The highest BCUT2D eigenvalue weighted by atomic mass is 19.1. The van der Waals surface area contributed by atoms with Gasteiger partial charge in [0.15, 0.2) is 0 Å². The molecule has 0 unspecified atom stereocenters. The minimum Gasteiger partial charge on any atom is -0.397 e. The zero-order chi connectivity index (χ0) is 12.4. The van der Waals surface area contributed by atoms with E-state index in [9.17, 15) is 8.78 Å². The smallest absolute Gasteiger partial charge is 0.125 e. The first kappa shape index (κ1) is 11.4. The summed E-state index contributed by atoms with van der Waals surface area (Å²) >= 11 is 0. The van der Waals surface area contributed by atoms with Gasteiger partial charge in [0.25, 0.3) is 0 Å². The molecule has 0 aliphatic rings. The Kier molecular flexibility index (Phi) is 2.95. The molecular weight excluding hydrogens is 222 g/mol. The van der Waals surface area contributed by atoms with E-state index < -0.39 is 0 Å². The van der Waals surface area contributed by atoms with Crippen molar-refractivity contribution in [3.63, 3.8) is 0 Å². The van der Waals surface area contributed by atoms with Crippen molar-refractivity contribution < 1.29 is 8.78 Å². The normalized spacial score (nSPS) is 10.3. The van der Waals surface area contributed by atoms with Gasteiger partial charge in [-0.15, -0.1) is 0 Å². The number of hydrogen-bond acceptors (Lipinski definition) is 2. The van der Waals surface area contributed by atoms with Crippen LogP contribution in [0.1, 0.15) is 0 Å². The van der Waals surface area contributed by atoms with E-state index in [-0.39, 0.29) is 11.6 Å². The summed E-state index contributed by atoms with van der Waals surface area (Å²) in [6.07, 6.45) is 0. The average molecular weight is 234 g/mol. The first-order chi connectivity index (χ1) is 8.08. The number of anilines is 3. The number of halogens is 2. The summed E-state index contributed by atoms with van der Waals surface area (Å²) in [6.45, 7) is 0. The number of nitrogen functional groups attached to an aromatic ring is 1. The Morgan fingerprint density at radius 3 is 2.35 bits per heavy atom. The van der Waals surface area contributed by atoms with E-state index in [1.165, 1.54) is 24.3 Å². The predicted molar refractivity (Wildman–Crippen MR) is 65.3 cm³/mol. The van der Waals surface area contributed by atoms with E-state index >= 15 is 0 Å². The van der Waals surface area contributed by atoms with E-state index in [0.29, 0.717) is 17.1 Å². The molecule has 0 radical (unpaired) electrons. The van der Waals surface area contributed by atoms with Crippen molar-refractivity contribution in [2.24, 2.45) is 0 Å². The van der Waals surface area contributed by atoms with Crippen molar-refractivity contribution in [1.82, 2.24) is 0 Å². The second kappa shape index (κ2) is 4.41. The van der Waals surface area contributed by atoms with Gasteiger partial charge >= 0.3 is 0 Å². The quantitative estimate of drug-likeness (QED) is 0.808. The van der Waals surface area contributed by atoms with Crippen LogP contribution in [-0.4, -0.2) is 7.05 Å². The lowest BCUT2D eigenvalue weighted by Crippen LogP contribution is -2.11. The molecule has 0 aliphatic heterocycles. The first-order valence-electron chi connectivity index (χ1n) is 5.12. The van der Waals surface area contributed by atoms with E-state index in [2.05, 4.69) is 0 Å². The molecule has 4 heteroatoms. The fourth-order valence-corrected chi connectivity index (χ4v) is 1.65. The lowest BCUT2D eigenvalue weighted by Gasteiger charge is -2.21. The molecule has 0 heterocycles. The second-order valence-corrected chi connectivity index (χ2v) is 3.74. The van der Waals surface area contributed by atoms with Crippen molar-refractivity contribution in [2.75, 3.05) is 17.7 Å². The number of rotatable bonds is 2. The van der Waals surface area contributed by atoms with Gasteiger partial charge in [-0.05, 0) is 36.4 Å². The molecule has 0 atom stereocenters. The maximum absolute atomic E-state index is 13.1. The fourth-order valence-electron chi connectivity index (χ4n) is 1.65. The van der Waals surface area contributed by atoms with Gasteiger partial charge in [0.1, 0.15) is 11.6 Å². The molecule has 0 fully saturated rings. The zero-order valence-electron chi connectivity index (χ0n) is 9.32. The van der Waals surface area contributed by atoms with E-state index in [4.69, 9.17) is 5.73 Å². The molecule has 0 bridgehead atoms. The van der Waals surface area contributed by atoms with Gasteiger partial charge in [-0.3, -0.25) is 0 Å². The van der Waals surface area contributed by atoms with Gasteiger partial charge in [-0.2, -0.15) is 0 Å². The summed E-state index contributed by atoms with van der Waals surface area (Å²) < 4.78 is 26.0. The highest BCUT2D eigenvalue weighted by molar-refractivity contribution is 5.74. The Labute approximate surface area is 98.3 Å². The minimum atomic E-state index is -0.390. The van der Waals surface area contributed by atoms with Crippen LogP contribution in [0.25, 0.3) is 0 Å². The topological polar surface area (TPSA) is 29.3 Å². The van der Waals surface area contributed by atoms with E-state index in [0.717, 1.165) is 0 Å². The molecule has 2 aromatic carbocycles. The molecule has 2 rings (SSSR count). The molecule has 2 nitrogen and oxygen atoms in total. The summed E-state index contributed by atoms with van der Waals surface area (Å²) in [4.78, 5) is 1.71. The molecule has 0 spiro atoms. The Morgan fingerprint density at radius 1 is 1.00 bits per heavy atom. The number of hydrogen-bond donors (Lipinski definition) is 1. The van der Waals surface area contributed by atoms with Crippen LogP contribution in [0.4, 0.5) is 25.8 Å². The Bertz CT molecular complexity index is 541. The van der Waals surface area contributed by atoms with Crippen LogP contribution in [0.5, 0.6) is 0 Å². The SMILES string of the molecule is CN(c1cccc(F)c1)c1ccc(F)cc1N. The molecule has 0 aromatic heterocycles. The molecule has 0 saturated heterocycles. The van der Waals surface area contributed by atoms with Gasteiger partial charge in [0, 0.05) is 12.7 Å². The van der Waals surface area contributed by atoms with E-state index in [1.807, 2.05) is 0 Å². The molecule has 88 valence electrons. The minimum absolute atomic E-state index is 0.316. The van der Waals surface area contributed by atoms with Crippen LogP contribution < -0.4 is 10.6 Å². The van der Waals surface area contributed by atoms with Gasteiger partial charge in [0.2, 0.25) is 0 Å². The van der Waals surface area contributed by atoms with Crippen molar-refractivity contribution in [3.05, 3.63) is 54.1 Å². The van der Waals surface area contributed by atoms with Gasteiger partial charge in [-0.25, -0.2) is 8.78 Å². The van der Waals surface area contributed by atoms with Crippen LogP contribution in [0.2, 0.25) is 0 Å². The van der Waals surface area contributed by atoms with Crippen LogP contribution in [0.15, 0.2) is 42.5 Å². The molecule has 2 N–H and O–H groups in total. The molecular formula is C13H12F2N2. The summed E-state index contributed by atoms with van der Waals surface area (Å²) in [6, 6.07) is 10.3. The summed E-state index contributed by atoms with van der Waals surface area (Å²) in [5, 5.41) is 0. The highest BCUT2D eigenvalue weighted by Gasteiger charge is 2.08. The van der Waals surface area contributed by atoms with Crippen molar-refractivity contribution in [1.29, 1.82) is 0 Å². The molecule has 0 aliphatic carbocycles. The van der Waals surface area contributed by atoms with Crippen LogP contribution >= 0.6 is 0 Å². The third-order valence-electron chi connectivity index (χ3n) is 2.55. The van der Waals surface area contributed by atoms with Crippen molar-refractivity contribution >= 4 is 17.1 Å². The lowest BCUT2D eigenvalue weighted by atomic mass is 10.2. The molecule has 2 aromatic rings. The Balaban J connectivity index is 2.40. The summed E-state index contributed by atoms with van der Waals surface area (Å²) in [7, 11) is 1.75. The monoisotopic (exact) mass is 234 g/mol. The van der Waals surface area contributed by atoms with E-state index in [1.54, 1.807) is 30.1 Å². The van der Waals surface area contributed by atoms with Gasteiger partial charge in [-0.1, -0.05) is 6.07 Å². The number of nitrogens with zero attached hydrogens (tertiary/aromatic N) is 1. The second-order valence-electron chi connectivity index (χ2n) is 3.74. The van der Waals surface area contributed by atoms with Crippen LogP contribution in [0.3, 0.4) is 0 Å². The fraction of sp³-hybridized carbons (Fsp3) is 0.0769. The Hall–Kier alpha value is -2.10. The first-order valence-corrected chi connectivity index (χ1v) is 5.12. The van der Waals surface area contributed by atoms with Crippen molar-refractivity contribution in [2.45, 2.75) is 0 Å². The largest absolute Gasteiger partial charge is 0.397 e. The average Bonchev–Trinajstić information content (AvgIpc) is 2.28. The molecule has 0 amide bonds. The third kappa shape index (κ3) is 2.36. The maximum atomic E-state index is 13.1. The van der Waals surface area contributed by atoms with Crippen molar-refractivity contribution in [3.8, 4) is 0 Å². The Morgan fingerprint density at radius 2 is 1.71 bits per heavy atom. The van der Waals surface area contributed by atoms with Gasteiger partial charge < -0.3 is 10.6 Å². The number of nitrogens with two attached hydrogens (primary N) is 1. The van der Waals surface area contributed by atoms with Crippen LogP contribution in [-0.2, 0) is 0 Å². The highest BCUT2D eigenvalue weighted by Crippen LogP contribution is 2.29. The zero-order valence-corrected chi connectivity index (χ0v) is 9.32. The predicted octanol–water partition coefficient (Wildman–Crippen LogP) is 3.31. The number of benzene rings is 2. The summed E-state index contributed by atoms with van der Waals surface area (Å²) in [5.74, 6) is -0.714. The summed E-state index contributed by atoms with van der Waals surface area (Å²) in [5.41, 5.74) is 7.33. The molecule has 0 saturated carbocycles. The molecule has 17 heavy (non-hydrogen) atoms.